The van der Waals surface area contributed by atoms with Crippen LogP contribution < -0.4 is 0 Å². The van der Waals surface area contributed by atoms with Gasteiger partial charge in [0.05, 0.1) is 0 Å². The highest BCUT2D eigenvalue weighted by atomic mass is 14.2. The molecule has 1 unspecified atom stereocenters. The van der Waals surface area contributed by atoms with E-state index in [-0.39, 0.29) is 0 Å². The SMILES string of the molecule is CC(C)CCC(C)c1ccc(-c2ccc(C3CCC(C)CC3)cc2)cc1. The van der Waals surface area contributed by atoms with Crippen molar-refractivity contribution in [1.29, 1.82) is 0 Å². The van der Waals surface area contributed by atoms with E-state index < -0.39 is 0 Å². The van der Waals surface area contributed by atoms with Gasteiger partial charge in [0.1, 0.15) is 0 Å². The van der Waals surface area contributed by atoms with E-state index in [0.717, 1.165) is 17.8 Å². The second-order valence-corrected chi connectivity index (χ2v) is 9.07. The van der Waals surface area contributed by atoms with Gasteiger partial charge in [-0.2, -0.15) is 0 Å². The molecule has 0 spiro atoms. The van der Waals surface area contributed by atoms with Gasteiger partial charge in [-0.1, -0.05) is 95.5 Å². The van der Waals surface area contributed by atoms with E-state index in [4.69, 9.17) is 0 Å². The Hall–Kier alpha value is -1.56. The minimum Gasteiger partial charge on any atom is -0.0628 e. The topological polar surface area (TPSA) is 0 Å². The van der Waals surface area contributed by atoms with Crippen LogP contribution in [0.4, 0.5) is 0 Å². The molecule has 1 aliphatic rings. The summed E-state index contributed by atoms with van der Waals surface area (Å²) >= 11 is 0. The van der Waals surface area contributed by atoms with Crippen LogP contribution in [-0.2, 0) is 0 Å². The molecule has 0 N–H and O–H groups in total. The third kappa shape index (κ3) is 5.00. The van der Waals surface area contributed by atoms with E-state index in [1.165, 1.54) is 55.2 Å². The molecule has 140 valence electrons. The summed E-state index contributed by atoms with van der Waals surface area (Å²) in [5.74, 6) is 3.15. The third-order valence-corrected chi connectivity index (χ3v) is 6.39. The third-order valence-electron chi connectivity index (χ3n) is 6.39. The highest BCUT2D eigenvalue weighted by Gasteiger charge is 2.19. The zero-order chi connectivity index (χ0) is 18.5. The van der Waals surface area contributed by atoms with Gasteiger partial charge in [-0.25, -0.2) is 0 Å². The quantitative estimate of drug-likeness (QED) is 0.493. The van der Waals surface area contributed by atoms with E-state index >= 15 is 0 Å². The summed E-state index contributed by atoms with van der Waals surface area (Å²) in [4.78, 5) is 0. The largest absolute Gasteiger partial charge is 0.0628 e. The Labute approximate surface area is 161 Å². The molecule has 0 heterocycles. The molecule has 26 heavy (non-hydrogen) atoms. The van der Waals surface area contributed by atoms with Gasteiger partial charge >= 0.3 is 0 Å². The minimum atomic E-state index is 0.655. The minimum absolute atomic E-state index is 0.655. The molecule has 3 rings (SSSR count). The van der Waals surface area contributed by atoms with E-state index in [2.05, 4.69) is 76.2 Å². The summed E-state index contributed by atoms with van der Waals surface area (Å²) in [5.41, 5.74) is 5.70. The Kier molecular flexibility index (Phi) is 6.57. The molecular formula is C26H36. The lowest BCUT2D eigenvalue weighted by Gasteiger charge is -2.26. The van der Waals surface area contributed by atoms with Gasteiger partial charge in [0.25, 0.3) is 0 Å². The van der Waals surface area contributed by atoms with Gasteiger partial charge in [0.15, 0.2) is 0 Å². The Morgan fingerprint density at radius 2 is 1.27 bits per heavy atom. The zero-order valence-corrected chi connectivity index (χ0v) is 17.2. The summed E-state index contributed by atoms with van der Waals surface area (Å²) < 4.78 is 0. The molecule has 1 fully saturated rings. The standard InChI is InChI=1S/C26H36/c1-19(2)5-8-21(4)22-11-13-24(14-12-22)26-17-15-25(16-18-26)23-9-6-20(3)7-10-23/h11-21,23H,5-10H2,1-4H3. The molecule has 0 aliphatic heterocycles. The Bertz CT molecular complexity index is 654. The Morgan fingerprint density at radius 1 is 0.731 bits per heavy atom. The lowest BCUT2D eigenvalue weighted by molar-refractivity contribution is 0.348. The van der Waals surface area contributed by atoms with Gasteiger partial charge in [-0.05, 0) is 65.2 Å². The molecule has 0 nitrogen and oxygen atoms in total. The molecule has 0 saturated heterocycles. The van der Waals surface area contributed by atoms with E-state index in [1.807, 2.05) is 0 Å². The van der Waals surface area contributed by atoms with Crippen LogP contribution in [0.5, 0.6) is 0 Å². The molecule has 1 saturated carbocycles. The molecule has 0 aromatic heterocycles. The van der Waals surface area contributed by atoms with Gasteiger partial charge < -0.3 is 0 Å². The monoisotopic (exact) mass is 348 g/mol. The second kappa shape index (κ2) is 8.89. The van der Waals surface area contributed by atoms with Crippen molar-refractivity contribution in [3.63, 3.8) is 0 Å². The maximum Gasteiger partial charge on any atom is -0.0162 e. The lowest BCUT2D eigenvalue weighted by Crippen LogP contribution is -2.10. The first-order chi connectivity index (χ1) is 12.5. The first kappa shape index (κ1) is 19.2. The molecular weight excluding hydrogens is 312 g/mol. The molecule has 1 atom stereocenters. The highest BCUT2D eigenvalue weighted by Crippen LogP contribution is 2.36. The fourth-order valence-corrected chi connectivity index (χ4v) is 4.30. The van der Waals surface area contributed by atoms with Crippen molar-refractivity contribution >= 4 is 0 Å². The van der Waals surface area contributed by atoms with Crippen molar-refractivity contribution in [3.8, 4) is 11.1 Å². The van der Waals surface area contributed by atoms with Gasteiger partial charge in [-0.15, -0.1) is 0 Å². The molecule has 0 bridgehead atoms. The summed E-state index contributed by atoms with van der Waals surface area (Å²) in [7, 11) is 0. The predicted octanol–water partition coefficient (Wildman–Crippen LogP) is 8.19. The lowest BCUT2D eigenvalue weighted by atomic mass is 9.79. The average molecular weight is 349 g/mol. The van der Waals surface area contributed by atoms with Gasteiger partial charge in [-0.3, -0.25) is 0 Å². The Balaban J connectivity index is 1.64. The van der Waals surface area contributed by atoms with Crippen LogP contribution in [0.2, 0.25) is 0 Å². The summed E-state index contributed by atoms with van der Waals surface area (Å²) in [6.07, 6.45) is 8.11. The smallest absolute Gasteiger partial charge is 0.0162 e. The van der Waals surface area contributed by atoms with Gasteiger partial charge in [0, 0.05) is 0 Å². The van der Waals surface area contributed by atoms with Crippen LogP contribution in [0, 0.1) is 11.8 Å². The van der Waals surface area contributed by atoms with Crippen LogP contribution >= 0.6 is 0 Å². The Morgan fingerprint density at radius 3 is 1.81 bits per heavy atom. The maximum absolute atomic E-state index is 2.40. The summed E-state index contributed by atoms with van der Waals surface area (Å²) in [6, 6.07) is 18.7. The molecule has 2 aromatic carbocycles. The predicted molar refractivity (Wildman–Crippen MR) is 115 cm³/mol. The number of hydrogen-bond donors (Lipinski definition) is 0. The normalized spacial score (nSPS) is 21.7. The number of benzene rings is 2. The zero-order valence-electron chi connectivity index (χ0n) is 17.2. The van der Waals surface area contributed by atoms with Crippen LogP contribution in [0.15, 0.2) is 48.5 Å². The maximum atomic E-state index is 2.40. The second-order valence-electron chi connectivity index (χ2n) is 9.07. The molecule has 0 amide bonds. The molecule has 0 heteroatoms. The van der Waals surface area contributed by atoms with E-state index in [9.17, 15) is 0 Å². The fourth-order valence-electron chi connectivity index (χ4n) is 4.30. The van der Waals surface area contributed by atoms with Crippen molar-refractivity contribution in [1.82, 2.24) is 0 Å². The van der Waals surface area contributed by atoms with Crippen molar-refractivity contribution in [3.05, 3.63) is 59.7 Å². The van der Waals surface area contributed by atoms with Crippen LogP contribution in [0.3, 0.4) is 0 Å². The first-order valence-corrected chi connectivity index (χ1v) is 10.7. The summed E-state index contributed by atoms with van der Waals surface area (Å²) in [6.45, 7) is 9.38. The van der Waals surface area contributed by atoms with Crippen molar-refractivity contribution in [2.75, 3.05) is 0 Å². The van der Waals surface area contributed by atoms with Crippen LogP contribution in [-0.4, -0.2) is 0 Å². The van der Waals surface area contributed by atoms with Crippen LogP contribution in [0.25, 0.3) is 11.1 Å². The number of rotatable bonds is 6. The highest BCUT2D eigenvalue weighted by molar-refractivity contribution is 5.64. The van der Waals surface area contributed by atoms with Crippen molar-refractivity contribution in [2.45, 2.75) is 78.1 Å². The van der Waals surface area contributed by atoms with Crippen molar-refractivity contribution < 1.29 is 0 Å². The van der Waals surface area contributed by atoms with Gasteiger partial charge in [0.2, 0.25) is 0 Å². The molecule has 2 aromatic rings. The van der Waals surface area contributed by atoms with Crippen molar-refractivity contribution in [2.24, 2.45) is 11.8 Å². The van der Waals surface area contributed by atoms with E-state index in [0.29, 0.717) is 5.92 Å². The van der Waals surface area contributed by atoms with Crippen LogP contribution in [0.1, 0.15) is 89.2 Å². The molecule has 1 aliphatic carbocycles. The fraction of sp³-hybridized carbons (Fsp3) is 0.538. The average Bonchev–Trinajstić information content (AvgIpc) is 2.67. The van der Waals surface area contributed by atoms with E-state index in [1.54, 1.807) is 5.56 Å². The first-order valence-electron chi connectivity index (χ1n) is 10.7. The number of hydrogen-bond acceptors (Lipinski definition) is 0. The summed E-state index contributed by atoms with van der Waals surface area (Å²) in [5, 5.41) is 0. The molecule has 0 radical (unpaired) electrons.